The Bertz CT molecular complexity index is 91.1. The lowest BCUT2D eigenvalue weighted by Gasteiger charge is -2.06. The molecular weight excluding hydrogens is 118 g/mol. The molecular formula is C6H13NO2. The zero-order valence-corrected chi connectivity index (χ0v) is 5.85. The third-order valence-electron chi connectivity index (χ3n) is 0.571. The maximum absolute atomic E-state index is 8.67. The zero-order valence-electron chi connectivity index (χ0n) is 5.85. The molecule has 0 aliphatic carbocycles. The molecule has 3 heteroatoms. The van der Waals surface area contributed by atoms with Gasteiger partial charge in [-0.1, -0.05) is 6.58 Å². The summed E-state index contributed by atoms with van der Waals surface area (Å²) in [6.07, 6.45) is -0.433. The van der Waals surface area contributed by atoms with E-state index >= 15 is 0 Å². The zero-order chi connectivity index (χ0) is 7.28. The van der Waals surface area contributed by atoms with Crippen LogP contribution in [0, 0.1) is 0 Å². The van der Waals surface area contributed by atoms with Crippen LogP contribution in [0.2, 0.25) is 0 Å². The molecule has 54 valence electrons. The van der Waals surface area contributed by atoms with Crippen LogP contribution in [0.25, 0.3) is 0 Å². The Labute approximate surface area is 55.3 Å². The van der Waals surface area contributed by atoms with Crippen LogP contribution in [-0.2, 0) is 4.84 Å². The second kappa shape index (κ2) is 4.35. The van der Waals surface area contributed by atoms with Gasteiger partial charge in [0.05, 0.1) is 6.10 Å². The smallest absolute Gasteiger partial charge is 0.100 e. The largest absolute Gasteiger partial charge is 0.391 e. The number of rotatable bonds is 4. The van der Waals surface area contributed by atoms with E-state index in [4.69, 9.17) is 9.94 Å². The number of aliphatic hydroxyl groups excluding tert-OH is 1. The summed E-state index contributed by atoms with van der Waals surface area (Å²) in [5.74, 6) is 0. The van der Waals surface area contributed by atoms with Gasteiger partial charge in [-0.3, -0.25) is 10.3 Å². The topological polar surface area (TPSA) is 41.5 Å². The molecule has 0 rings (SSSR count). The van der Waals surface area contributed by atoms with Gasteiger partial charge in [-0.2, -0.15) is 0 Å². The summed E-state index contributed by atoms with van der Waals surface area (Å²) in [7, 11) is 0. The summed E-state index contributed by atoms with van der Waals surface area (Å²) in [6, 6.07) is 0. The van der Waals surface area contributed by atoms with Crippen LogP contribution in [0.1, 0.15) is 13.8 Å². The van der Waals surface area contributed by atoms with Crippen LogP contribution in [-0.4, -0.2) is 17.8 Å². The van der Waals surface area contributed by atoms with Crippen LogP contribution in [0.3, 0.4) is 0 Å². The molecule has 0 spiro atoms. The van der Waals surface area contributed by atoms with Crippen LogP contribution >= 0.6 is 0 Å². The summed E-state index contributed by atoms with van der Waals surface area (Å²) in [6.45, 7) is 7.25. The van der Waals surface area contributed by atoms with Gasteiger partial charge in [0.1, 0.15) is 6.61 Å². The number of nitrogens with one attached hydrogen (secondary N) is 1. The Morgan fingerprint density at radius 2 is 2.44 bits per heavy atom. The highest BCUT2D eigenvalue weighted by Crippen LogP contribution is 1.82. The standard InChI is InChI=1S/C6H13NO2/c1-5(2)7-9-4-6(3)8/h6-8H,1,4H2,2-3H3/t6-/m0/s1. The molecule has 0 saturated carbocycles. The van der Waals surface area contributed by atoms with Crippen molar-refractivity contribution in [3.05, 3.63) is 12.3 Å². The molecule has 0 unspecified atom stereocenters. The van der Waals surface area contributed by atoms with Gasteiger partial charge in [-0.25, -0.2) is 0 Å². The van der Waals surface area contributed by atoms with Crippen molar-refractivity contribution in [1.29, 1.82) is 0 Å². The fraction of sp³-hybridized carbons (Fsp3) is 0.667. The van der Waals surface area contributed by atoms with E-state index in [9.17, 15) is 0 Å². The Balaban J connectivity index is 3.01. The lowest BCUT2D eigenvalue weighted by molar-refractivity contribution is 0.00172. The molecule has 9 heavy (non-hydrogen) atoms. The lowest BCUT2D eigenvalue weighted by Crippen LogP contribution is -2.19. The minimum Gasteiger partial charge on any atom is -0.391 e. The summed E-state index contributed by atoms with van der Waals surface area (Å²) >= 11 is 0. The predicted octanol–water partition coefficient (Wildman–Crippen LogP) is 0.422. The Morgan fingerprint density at radius 3 is 2.78 bits per heavy atom. The second-order valence-electron chi connectivity index (χ2n) is 2.04. The fourth-order valence-electron chi connectivity index (χ4n) is 0.285. The molecule has 0 saturated heterocycles. The first kappa shape index (κ1) is 8.46. The van der Waals surface area contributed by atoms with E-state index in [1.807, 2.05) is 0 Å². The van der Waals surface area contributed by atoms with E-state index in [2.05, 4.69) is 12.1 Å². The molecule has 0 aliphatic heterocycles. The van der Waals surface area contributed by atoms with Crippen LogP contribution < -0.4 is 5.48 Å². The molecule has 1 atom stereocenters. The van der Waals surface area contributed by atoms with E-state index in [0.29, 0.717) is 0 Å². The Hall–Kier alpha value is -0.540. The van der Waals surface area contributed by atoms with Crippen LogP contribution in [0.15, 0.2) is 12.3 Å². The van der Waals surface area contributed by atoms with Crippen molar-refractivity contribution in [2.24, 2.45) is 0 Å². The molecule has 0 aliphatic rings. The molecule has 0 aromatic carbocycles. The van der Waals surface area contributed by atoms with Gasteiger partial charge in [0, 0.05) is 5.70 Å². The predicted molar refractivity (Wildman–Crippen MR) is 35.6 cm³/mol. The average Bonchev–Trinajstić information content (AvgIpc) is 1.63. The SMILES string of the molecule is C=C(C)NOC[C@H](C)O. The van der Waals surface area contributed by atoms with Crippen molar-refractivity contribution >= 4 is 0 Å². The quantitative estimate of drug-likeness (QED) is 0.543. The number of hydroxylamine groups is 1. The molecule has 2 N–H and O–H groups in total. The van der Waals surface area contributed by atoms with Gasteiger partial charge in [-0.05, 0) is 13.8 Å². The van der Waals surface area contributed by atoms with Gasteiger partial charge in [0.15, 0.2) is 0 Å². The van der Waals surface area contributed by atoms with E-state index in [-0.39, 0.29) is 6.61 Å². The monoisotopic (exact) mass is 131 g/mol. The van der Waals surface area contributed by atoms with Crippen molar-refractivity contribution in [1.82, 2.24) is 5.48 Å². The maximum atomic E-state index is 8.67. The van der Waals surface area contributed by atoms with Gasteiger partial charge in [0.2, 0.25) is 0 Å². The van der Waals surface area contributed by atoms with Crippen LogP contribution in [0.5, 0.6) is 0 Å². The minimum absolute atomic E-state index is 0.285. The minimum atomic E-state index is -0.433. The molecule has 3 nitrogen and oxygen atoms in total. The molecule has 0 aromatic heterocycles. The fourth-order valence-corrected chi connectivity index (χ4v) is 0.285. The summed E-state index contributed by atoms with van der Waals surface area (Å²) in [4.78, 5) is 4.76. The van der Waals surface area contributed by atoms with Gasteiger partial charge in [0.25, 0.3) is 0 Å². The number of hydrogen-bond acceptors (Lipinski definition) is 3. The highest BCUT2D eigenvalue weighted by Gasteiger charge is 1.92. The van der Waals surface area contributed by atoms with E-state index in [1.165, 1.54) is 0 Å². The molecule has 0 heterocycles. The van der Waals surface area contributed by atoms with Gasteiger partial charge >= 0.3 is 0 Å². The van der Waals surface area contributed by atoms with Gasteiger partial charge in [-0.15, -0.1) is 0 Å². The van der Waals surface area contributed by atoms with Gasteiger partial charge < -0.3 is 5.11 Å². The third kappa shape index (κ3) is 7.46. The van der Waals surface area contributed by atoms with Crippen molar-refractivity contribution in [3.8, 4) is 0 Å². The first-order valence-corrected chi connectivity index (χ1v) is 2.84. The Kier molecular flexibility index (Phi) is 4.09. The number of hydrogen-bond donors (Lipinski definition) is 2. The first-order valence-electron chi connectivity index (χ1n) is 2.84. The highest BCUT2D eigenvalue weighted by atomic mass is 16.6. The number of allylic oxidation sites excluding steroid dienone is 1. The first-order chi connectivity index (χ1) is 4.13. The van der Waals surface area contributed by atoms with E-state index < -0.39 is 6.10 Å². The highest BCUT2D eigenvalue weighted by molar-refractivity contribution is 4.79. The summed E-state index contributed by atoms with van der Waals surface area (Å²) in [5, 5.41) is 8.67. The van der Waals surface area contributed by atoms with Crippen molar-refractivity contribution in [2.75, 3.05) is 6.61 Å². The van der Waals surface area contributed by atoms with Crippen LogP contribution in [0.4, 0.5) is 0 Å². The normalized spacial score (nSPS) is 12.8. The summed E-state index contributed by atoms with van der Waals surface area (Å²) in [5.41, 5.74) is 3.25. The second-order valence-corrected chi connectivity index (χ2v) is 2.04. The van der Waals surface area contributed by atoms with E-state index in [0.717, 1.165) is 5.70 Å². The maximum Gasteiger partial charge on any atom is 0.100 e. The van der Waals surface area contributed by atoms with Crippen molar-refractivity contribution in [3.63, 3.8) is 0 Å². The van der Waals surface area contributed by atoms with Crippen molar-refractivity contribution in [2.45, 2.75) is 20.0 Å². The molecule has 0 bridgehead atoms. The molecule has 0 aromatic rings. The Morgan fingerprint density at radius 1 is 1.89 bits per heavy atom. The van der Waals surface area contributed by atoms with E-state index in [1.54, 1.807) is 13.8 Å². The lowest BCUT2D eigenvalue weighted by atomic mass is 10.5. The number of aliphatic hydroxyl groups is 1. The average molecular weight is 131 g/mol. The molecule has 0 fully saturated rings. The summed E-state index contributed by atoms with van der Waals surface area (Å²) < 4.78 is 0. The molecule has 0 amide bonds. The van der Waals surface area contributed by atoms with Crippen molar-refractivity contribution < 1.29 is 9.94 Å². The third-order valence-corrected chi connectivity index (χ3v) is 0.571. The molecule has 0 radical (unpaired) electrons.